The average Bonchev–Trinajstić information content (AvgIpc) is 2.12. The summed E-state index contributed by atoms with van der Waals surface area (Å²) in [6, 6.07) is 0. The maximum Gasteiger partial charge on any atom is 0.224 e. The van der Waals surface area contributed by atoms with Crippen LogP contribution in [-0.2, 0) is 14.6 Å². The summed E-state index contributed by atoms with van der Waals surface area (Å²) in [4.78, 5) is 11.6. The lowest BCUT2D eigenvalue weighted by atomic mass is 10.0. The number of sulfone groups is 1. The topological polar surface area (TPSA) is 63.2 Å². The first-order chi connectivity index (χ1) is 6.91. The lowest BCUT2D eigenvalue weighted by Crippen LogP contribution is -2.39. The molecule has 0 aromatic heterocycles. The number of carbonyl (C=O) groups excluding carboxylic acids is 1. The highest BCUT2D eigenvalue weighted by Gasteiger charge is 2.29. The van der Waals surface area contributed by atoms with E-state index in [9.17, 15) is 13.2 Å². The number of rotatable bonds is 3. The minimum absolute atomic E-state index is 0.0247. The minimum atomic E-state index is -2.98. The minimum Gasteiger partial charge on any atom is -0.356 e. The molecule has 1 atom stereocenters. The van der Waals surface area contributed by atoms with Crippen LogP contribution in [0.3, 0.4) is 0 Å². The van der Waals surface area contributed by atoms with E-state index in [1.54, 1.807) is 0 Å². The van der Waals surface area contributed by atoms with E-state index in [1.807, 2.05) is 13.8 Å². The van der Waals surface area contributed by atoms with E-state index in [0.29, 0.717) is 25.3 Å². The highest BCUT2D eigenvalue weighted by atomic mass is 32.2. The fourth-order valence-corrected chi connectivity index (χ4v) is 3.38. The van der Waals surface area contributed by atoms with Gasteiger partial charge in [-0.1, -0.05) is 13.8 Å². The average molecular weight is 233 g/mol. The van der Waals surface area contributed by atoms with Crippen molar-refractivity contribution in [3.05, 3.63) is 0 Å². The van der Waals surface area contributed by atoms with Gasteiger partial charge in [-0.3, -0.25) is 4.79 Å². The second-order valence-corrected chi connectivity index (χ2v) is 6.82. The lowest BCUT2D eigenvalue weighted by molar-refractivity contribution is -0.124. The van der Waals surface area contributed by atoms with E-state index < -0.39 is 9.84 Å². The van der Waals surface area contributed by atoms with Crippen LogP contribution in [0.4, 0.5) is 0 Å². The molecule has 15 heavy (non-hydrogen) atoms. The molecule has 1 aliphatic heterocycles. The molecule has 0 aromatic rings. The Kier molecular flexibility index (Phi) is 4.13. The monoisotopic (exact) mass is 233 g/mol. The molecule has 0 radical (unpaired) electrons. The first kappa shape index (κ1) is 12.5. The van der Waals surface area contributed by atoms with Crippen LogP contribution in [0.2, 0.25) is 0 Å². The van der Waals surface area contributed by atoms with Gasteiger partial charge < -0.3 is 5.32 Å². The summed E-state index contributed by atoms with van der Waals surface area (Å²) in [5.74, 6) is 0.223. The molecule has 1 N–H and O–H groups in total. The Morgan fingerprint density at radius 1 is 1.47 bits per heavy atom. The van der Waals surface area contributed by atoms with Crippen molar-refractivity contribution in [3.8, 4) is 0 Å². The second-order valence-electron chi connectivity index (χ2n) is 4.59. The van der Waals surface area contributed by atoms with Crippen molar-refractivity contribution in [2.75, 3.05) is 18.1 Å². The molecule has 5 heteroatoms. The zero-order chi connectivity index (χ0) is 11.5. The van der Waals surface area contributed by atoms with Gasteiger partial charge in [-0.25, -0.2) is 8.42 Å². The molecule has 1 saturated heterocycles. The van der Waals surface area contributed by atoms with Crippen LogP contribution in [0.25, 0.3) is 0 Å². The number of carbonyl (C=O) groups is 1. The van der Waals surface area contributed by atoms with Crippen molar-refractivity contribution in [2.45, 2.75) is 26.7 Å². The fourth-order valence-electron chi connectivity index (χ4n) is 1.68. The molecule has 1 rings (SSSR count). The van der Waals surface area contributed by atoms with Gasteiger partial charge in [0.05, 0.1) is 17.4 Å². The molecule has 4 nitrogen and oxygen atoms in total. The van der Waals surface area contributed by atoms with Crippen LogP contribution >= 0.6 is 0 Å². The largest absolute Gasteiger partial charge is 0.356 e. The third-order valence-corrected chi connectivity index (χ3v) is 4.34. The van der Waals surface area contributed by atoms with E-state index in [1.165, 1.54) is 0 Å². The summed E-state index contributed by atoms with van der Waals surface area (Å²) < 4.78 is 22.6. The van der Waals surface area contributed by atoms with Gasteiger partial charge in [-0.05, 0) is 18.8 Å². The quantitative estimate of drug-likeness (QED) is 0.775. The van der Waals surface area contributed by atoms with Crippen molar-refractivity contribution in [1.29, 1.82) is 0 Å². The summed E-state index contributed by atoms with van der Waals surface area (Å²) in [6.45, 7) is 4.64. The molecular formula is C10H19NO3S. The van der Waals surface area contributed by atoms with E-state index in [4.69, 9.17) is 0 Å². The van der Waals surface area contributed by atoms with Crippen LogP contribution in [0.1, 0.15) is 26.7 Å². The van der Waals surface area contributed by atoms with Gasteiger partial charge in [0, 0.05) is 6.54 Å². The predicted octanol–water partition coefficient (Wildman–Crippen LogP) is 0.583. The van der Waals surface area contributed by atoms with Gasteiger partial charge in [0.15, 0.2) is 9.84 Å². The molecule has 1 aliphatic rings. The Hall–Kier alpha value is -0.580. The number of hydrogen-bond donors (Lipinski definition) is 1. The zero-order valence-electron chi connectivity index (χ0n) is 9.32. The van der Waals surface area contributed by atoms with Crippen molar-refractivity contribution in [3.63, 3.8) is 0 Å². The first-order valence-electron chi connectivity index (χ1n) is 5.39. The third kappa shape index (κ3) is 4.20. The maximum absolute atomic E-state index is 11.6. The summed E-state index contributed by atoms with van der Waals surface area (Å²) >= 11 is 0. The Bertz CT molecular complexity index is 322. The van der Waals surface area contributed by atoms with Gasteiger partial charge in [0.2, 0.25) is 5.91 Å². The van der Waals surface area contributed by atoms with E-state index in [2.05, 4.69) is 5.32 Å². The van der Waals surface area contributed by atoms with Crippen LogP contribution in [0, 0.1) is 11.8 Å². The standard InChI is InChI=1S/C10H19NO3S/c1-8(2)6-11-10(12)9-4-3-5-15(13,14)7-9/h8-9H,3-7H2,1-2H3,(H,11,12). The lowest BCUT2D eigenvalue weighted by Gasteiger charge is -2.21. The molecule has 1 unspecified atom stereocenters. The van der Waals surface area contributed by atoms with Crippen LogP contribution in [0.5, 0.6) is 0 Å². The smallest absolute Gasteiger partial charge is 0.224 e. The van der Waals surface area contributed by atoms with E-state index in [-0.39, 0.29) is 23.3 Å². The third-order valence-electron chi connectivity index (χ3n) is 2.52. The highest BCUT2D eigenvalue weighted by Crippen LogP contribution is 2.18. The van der Waals surface area contributed by atoms with Gasteiger partial charge in [-0.15, -0.1) is 0 Å². The van der Waals surface area contributed by atoms with Gasteiger partial charge in [0.1, 0.15) is 0 Å². The van der Waals surface area contributed by atoms with Crippen LogP contribution in [-0.4, -0.2) is 32.4 Å². The Labute approximate surface area is 91.4 Å². The molecule has 1 fully saturated rings. The molecular weight excluding hydrogens is 214 g/mol. The molecule has 0 aliphatic carbocycles. The fraction of sp³-hybridized carbons (Fsp3) is 0.900. The Balaban J connectivity index is 2.46. The summed E-state index contributed by atoms with van der Waals surface area (Å²) in [7, 11) is -2.98. The summed E-state index contributed by atoms with van der Waals surface area (Å²) in [6.07, 6.45) is 1.31. The molecule has 0 spiro atoms. The maximum atomic E-state index is 11.6. The van der Waals surface area contributed by atoms with Gasteiger partial charge in [0.25, 0.3) is 0 Å². The molecule has 0 bridgehead atoms. The first-order valence-corrected chi connectivity index (χ1v) is 7.21. The van der Waals surface area contributed by atoms with Crippen molar-refractivity contribution in [1.82, 2.24) is 5.32 Å². The normalized spacial score (nSPS) is 25.1. The molecule has 1 amide bonds. The molecule has 0 aromatic carbocycles. The van der Waals surface area contributed by atoms with Gasteiger partial charge >= 0.3 is 0 Å². The van der Waals surface area contributed by atoms with E-state index >= 15 is 0 Å². The highest BCUT2D eigenvalue weighted by molar-refractivity contribution is 7.91. The Morgan fingerprint density at radius 2 is 2.13 bits per heavy atom. The summed E-state index contributed by atoms with van der Waals surface area (Å²) in [5.41, 5.74) is 0. The second kappa shape index (κ2) is 4.96. The SMILES string of the molecule is CC(C)CNC(=O)C1CCCS(=O)(=O)C1. The molecule has 1 heterocycles. The van der Waals surface area contributed by atoms with Gasteiger partial charge in [-0.2, -0.15) is 0 Å². The Morgan fingerprint density at radius 3 is 2.67 bits per heavy atom. The van der Waals surface area contributed by atoms with Crippen molar-refractivity contribution >= 4 is 15.7 Å². The summed E-state index contributed by atoms with van der Waals surface area (Å²) in [5, 5.41) is 2.79. The van der Waals surface area contributed by atoms with E-state index in [0.717, 1.165) is 0 Å². The molecule has 88 valence electrons. The van der Waals surface area contributed by atoms with Crippen LogP contribution in [0.15, 0.2) is 0 Å². The predicted molar refractivity (Wildman–Crippen MR) is 59.2 cm³/mol. The van der Waals surface area contributed by atoms with Crippen molar-refractivity contribution < 1.29 is 13.2 Å². The van der Waals surface area contributed by atoms with Crippen LogP contribution < -0.4 is 5.32 Å². The molecule has 0 saturated carbocycles. The van der Waals surface area contributed by atoms with Crippen molar-refractivity contribution in [2.24, 2.45) is 11.8 Å². The number of nitrogens with one attached hydrogen (secondary N) is 1. The number of amides is 1. The number of hydrogen-bond acceptors (Lipinski definition) is 3. The zero-order valence-corrected chi connectivity index (χ0v) is 10.1.